The highest BCUT2D eigenvalue weighted by molar-refractivity contribution is 7.98. The highest BCUT2D eigenvalue weighted by Gasteiger charge is 2.19. The first-order valence-corrected chi connectivity index (χ1v) is 7.11. The minimum atomic E-state index is -1.04. The van der Waals surface area contributed by atoms with Crippen LogP contribution in [0.15, 0.2) is 0 Å². The molecule has 2 N–H and O–H groups in total. The average molecular weight is 306 g/mol. The van der Waals surface area contributed by atoms with Crippen molar-refractivity contribution in [3.8, 4) is 0 Å². The molecule has 0 bridgehead atoms. The Bertz CT molecular complexity index is 490. The Kier molecular flexibility index (Phi) is 5.68. The fraction of sp³-hybridized carbons (Fsp3) is 0.545. The summed E-state index contributed by atoms with van der Waals surface area (Å²) < 4.78 is 1.58. The molecule has 0 aliphatic carbocycles. The first kappa shape index (κ1) is 15.8. The predicted octanol–water partition coefficient (Wildman–Crippen LogP) is 1.20. The fourth-order valence-corrected chi connectivity index (χ4v) is 2.99. The van der Waals surface area contributed by atoms with Gasteiger partial charge in [0.15, 0.2) is 0 Å². The summed E-state index contributed by atoms with van der Waals surface area (Å²) in [5.41, 5.74) is 1.72. The number of hydrogen-bond acceptors (Lipinski definition) is 4. The average Bonchev–Trinajstić information content (AvgIpc) is 2.53. The molecular weight excluding hydrogens is 290 g/mol. The molecule has 0 saturated carbocycles. The quantitative estimate of drug-likeness (QED) is 0.825. The van der Waals surface area contributed by atoms with Crippen LogP contribution in [0.25, 0.3) is 0 Å². The summed E-state index contributed by atoms with van der Waals surface area (Å²) in [6.45, 7) is 3.15. The van der Waals surface area contributed by atoms with Crippen molar-refractivity contribution in [1.82, 2.24) is 15.1 Å². The maximum atomic E-state index is 10.9. The van der Waals surface area contributed by atoms with Gasteiger partial charge in [0.25, 0.3) is 0 Å². The second-order valence-corrected chi connectivity index (χ2v) is 5.47. The zero-order valence-electron chi connectivity index (χ0n) is 10.9. The van der Waals surface area contributed by atoms with Gasteiger partial charge in [-0.25, -0.2) is 4.79 Å². The molecule has 0 aliphatic heterocycles. The third-order valence-electron chi connectivity index (χ3n) is 2.48. The van der Waals surface area contributed by atoms with Gasteiger partial charge in [0.2, 0.25) is 5.91 Å². The van der Waals surface area contributed by atoms with Gasteiger partial charge < -0.3 is 10.4 Å². The molecule has 0 spiro atoms. The summed E-state index contributed by atoms with van der Waals surface area (Å²) in [6.07, 6.45) is 0. The smallest absolute Gasteiger partial charge is 0.327 e. The molecule has 1 aromatic heterocycles. The number of nitrogens with zero attached hydrogens (tertiary/aromatic N) is 2. The fourth-order valence-electron chi connectivity index (χ4n) is 1.54. The number of carbonyl (C=O) groups excluding carboxylic acids is 1. The van der Waals surface area contributed by atoms with E-state index in [1.165, 1.54) is 18.7 Å². The van der Waals surface area contributed by atoms with Crippen LogP contribution in [0.5, 0.6) is 0 Å². The van der Waals surface area contributed by atoms with E-state index in [4.69, 9.17) is 16.7 Å². The number of thioether (sulfide) groups is 1. The Morgan fingerprint density at radius 3 is 2.63 bits per heavy atom. The number of carboxylic acid groups (broad SMARTS) is 1. The monoisotopic (exact) mass is 305 g/mol. The molecule has 1 rings (SSSR count). The second kappa shape index (κ2) is 6.81. The molecule has 0 aliphatic rings. The van der Waals surface area contributed by atoms with Gasteiger partial charge >= 0.3 is 5.97 Å². The van der Waals surface area contributed by atoms with Crippen LogP contribution < -0.4 is 5.32 Å². The Labute approximate surface area is 120 Å². The number of aliphatic carboxylic acids is 1. The van der Waals surface area contributed by atoms with E-state index in [1.807, 2.05) is 6.92 Å². The first-order valence-electron chi connectivity index (χ1n) is 5.58. The molecule has 0 saturated heterocycles. The predicted molar refractivity (Wildman–Crippen MR) is 74.4 cm³/mol. The number of hydrogen-bond donors (Lipinski definition) is 2. The standard InChI is InChI=1S/C11H16ClN3O3S/c1-6-8(10(12)15(3)14-6)4-19-5-9(11(17)18)13-7(2)16/h9H,4-5H2,1-3H3,(H,13,16)(H,17,18). The largest absolute Gasteiger partial charge is 0.480 e. The molecule has 8 heteroatoms. The van der Waals surface area contributed by atoms with Gasteiger partial charge in [-0.05, 0) is 6.92 Å². The molecular formula is C11H16ClN3O3S. The number of carboxylic acids is 1. The number of aryl methyl sites for hydroxylation is 2. The SMILES string of the molecule is CC(=O)NC(CSCc1c(C)nn(C)c1Cl)C(=O)O. The van der Waals surface area contributed by atoms with Crippen molar-refractivity contribution in [2.45, 2.75) is 25.6 Å². The van der Waals surface area contributed by atoms with Crippen molar-refractivity contribution in [2.75, 3.05) is 5.75 Å². The van der Waals surface area contributed by atoms with Gasteiger partial charge in [0, 0.05) is 31.0 Å². The van der Waals surface area contributed by atoms with E-state index in [1.54, 1.807) is 11.7 Å². The zero-order chi connectivity index (χ0) is 14.6. The highest BCUT2D eigenvalue weighted by Crippen LogP contribution is 2.24. The van der Waals surface area contributed by atoms with E-state index in [0.29, 0.717) is 10.9 Å². The zero-order valence-corrected chi connectivity index (χ0v) is 12.5. The lowest BCUT2D eigenvalue weighted by Gasteiger charge is -2.12. The van der Waals surface area contributed by atoms with Gasteiger partial charge in [0.05, 0.1) is 5.69 Å². The van der Waals surface area contributed by atoms with Crippen LogP contribution in [-0.2, 0) is 22.4 Å². The highest BCUT2D eigenvalue weighted by atomic mass is 35.5. The first-order chi connectivity index (χ1) is 8.82. The number of nitrogens with one attached hydrogen (secondary N) is 1. The van der Waals surface area contributed by atoms with Gasteiger partial charge in [-0.2, -0.15) is 16.9 Å². The lowest BCUT2D eigenvalue weighted by Crippen LogP contribution is -2.41. The molecule has 1 aromatic rings. The molecule has 19 heavy (non-hydrogen) atoms. The van der Waals surface area contributed by atoms with Crippen LogP contribution >= 0.6 is 23.4 Å². The third-order valence-corrected chi connectivity index (χ3v) is 4.01. The molecule has 1 heterocycles. The summed E-state index contributed by atoms with van der Waals surface area (Å²) in [5, 5.41) is 16.1. The minimum Gasteiger partial charge on any atom is -0.480 e. The summed E-state index contributed by atoms with van der Waals surface area (Å²) in [6, 6.07) is -0.891. The number of carbonyl (C=O) groups is 2. The Hall–Kier alpha value is -1.21. The van der Waals surface area contributed by atoms with Crippen molar-refractivity contribution >= 4 is 35.2 Å². The summed E-state index contributed by atoms with van der Waals surface area (Å²) in [5.74, 6) is -0.568. The van der Waals surface area contributed by atoms with E-state index in [2.05, 4.69) is 10.4 Å². The van der Waals surface area contributed by atoms with Crippen molar-refractivity contribution < 1.29 is 14.7 Å². The molecule has 0 radical (unpaired) electrons. The van der Waals surface area contributed by atoms with Crippen LogP contribution in [0.4, 0.5) is 0 Å². The van der Waals surface area contributed by atoms with Crippen molar-refractivity contribution in [3.63, 3.8) is 0 Å². The van der Waals surface area contributed by atoms with Crippen molar-refractivity contribution in [3.05, 3.63) is 16.4 Å². The lowest BCUT2D eigenvalue weighted by molar-refractivity contribution is -0.140. The maximum absolute atomic E-state index is 10.9. The van der Waals surface area contributed by atoms with Crippen LogP contribution in [0, 0.1) is 6.92 Å². The van der Waals surface area contributed by atoms with Crippen LogP contribution in [0.1, 0.15) is 18.2 Å². The minimum absolute atomic E-state index is 0.277. The van der Waals surface area contributed by atoms with Gasteiger partial charge in [-0.3, -0.25) is 9.48 Å². The number of amides is 1. The van der Waals surface area contributed by atoms with Crippen molar-refractivity contribution in [1.29, 1.82) is 0 Å². The molecule has 106 valence electrons. The molecule has 1 atom stereocenters. The summed E-state index contributed by atoms with van der Waals surface area (Å²) >= 11 is 7.47. The third kappa shape index (κ3) is 4.43. The Morgan fingerprint density at radius 2 is 2.21 bits per heavy atom. The van der Waals surface area contributed by atoms with E-state index < -0.39 is 12.0 Å². The summed E-state index contributed by atoms with van der Waals surface area (Å²) in [4.78, 5) is 21.8. The van der Waals surface area contributed by atoms with Gasteiger partial charge in [-0.15, -0.1) is 0 Å². The van der Waals surface area contributed by atoms with Crippen LogP contribution in [0.3, 0.4) is 0 Å². The van der Waals surface area contributed by atoms with Crippen LogP contribution in [0.2, 0.25) is 5.15 Å². The molecule has 6 nitrogen and oxygen atoms in total. The van der Waals surface area contributed by atoms with E-state index in [9.17, 15) is 9.59 Å². The Morgan fingerprint density at radius 1 is 1.58 bits per heavy atom. The molecule has 0 fully saturated rings. The number of halogens is 1. The van der Waals surface area contributed by atoms with E-state index in [-0.39, 0.29) is 11.7 Å². The van der Waals surface area contributed by atoms with Gasteiger partial charge in [-0.1, -0.05) is 11.6 Å². The number of rotatable bonds is 6. The summed E-state index contributed by atoms with van der Waals surface area (Å²) in [7, 11) is 1.75. The second-order valence-electron chi connectivity index (χ2n) is 4.08. The molecule has 1 unspecified atom stereocenters. The number of aromatic nitrogens is 2. The topological polar surface area (TPSA) is 84.2 Å². The van der Waals surface area contributed by atoms with E-state index in [0.717, 1.165) is 11.3 Å². The Balaban J connectivity index is 2.57. The maximum Gasteiger partial charge on any atom is 0.327 e. The molecule has 0 aromatic carbocycles. The molecule has 1 amide bonds. The normalized spacial score (nSPS) is 12.2. The lowest BCUT2D eigenvalue weighted by atomic mass is 10.3. The van der Waals surface area contributed by atoms with Crippen LogP contribution in [-0.4, -0.2) is 38.6 Å². The van der Waals surface area contributed by atoms with Crippen molar-refractivity contribution in [2.24, 2.45) is 7.05 Å². The van der Waals surface area contributed by atoms with Gasteiger partial charge in [0.1, 0.15) is 11.2 Å². The van der Waals surface area contributed by atoms with E-state index >= 15 is 0 Å².